The first-order valence-corrected chi connectivity index (χ1v) is 6.38. The molecule has 0 aliphatic heterocycles. The van der Waals surface area contributed by atoms with Crippen molar-refractivity contribution in [2.45, 2.75) is 20.8 Å². The van der Waals surface area contributed by atoms with Crippen molar-refractivity contribution in [1.82, 2.24) is 15.0 Å². The zero-order chi connectivity index (χ0) is 15.4. The van der Waals surface area contributed by atoms with E-state index in [1.807, 2.05) is 13.8 Å². The minimum absolute atomic E-state index is 0.103. The van der Waals surface area contributed by atoms with Crippen molar-refractivity contribution in [2.75, 3.05) is 11.9 Å². The van der Waals surface area contributed by atoms with E-state index in [0.717, 1.165) is 5.69 Å². The van der Waals surface area contributed by atoms with E-state index in [1.54, 1.807) is 19.1 Å². The van der Waals surface area contributed by atoms with Gasteiger partial charge in [0.05, 0.1) is 11.1 Å². The van der Waals surface area contributed by atoms with Crippen LogP contribution in [-0.2, 0) is 0 Å². The summed E-state index contributed by atoms with van der Waals surface area (Å²) in [5.41, 5.74) is 0.808. The first kappa shape index (κ1) is 14.6. The molecule has 1 N–H and O–H groups in total. The Balaban J connectivity index is 2.43. The van der Waals surface area contributed by atoms with Gasteiger partial charge in [-0.3, -0.25) is 15.1 Å². The predicted octanol–water partition coefficient (Wildman–Crippen LogP) is 2.62. The molecule has 2 heterocycles. The van der Waals surface area contributed by atoms with Crippen LogP contribution in [0.2, 0.25) is 0 Å². The lowest BCUT2D eigenvalue weighted by molar-refractivity contribution is -0.386. The topological polar surface area (TPSA) is 103 Å². The van der Waals surface area contributed by atoms with Crippen LogP contribution < -0.4 is 10.1 Å². The first-order chi connectivity index (χ1) is 10.0. The second-order valence-corrected chi connectivity index (χ2v) is 4.31. The number of aromatic nitrogens is 3. The van der Waals surface area contributed by atoms with E-state index in [2.05, 4.69) is 20.3 Å². The highest BCUT2D eigenvalue weighted by Crippen LogP contribution is 2.32. The first-order valence-electron chi connectivity index (χ1n) is 6.38. The molecule has 2 aromatic heterocycles. The third kappa shape index (κ3) is 3.41. The average Bonchev–Trinajstić information content (AvgIpc) is 2.41. The molecule has 0 radical (unpaired) electrons. The van der Waals surface area contributed by atoms with Gasteiger partial charge in [-0.05, 0) is 32.9 Å². The Kier molecular flexibility index (Phi) is 4.27. The van der Waals surface area contributed by atoms with Crippen LogP contribution in [0.15, 0.2) is 18.3 Å². The maximum absolute atomic E-state index is 11.2. The van der Waals surface area contributed by atoms with E-state index in [1.165, 1.54) is 6.20 Å². The van der Waals surface area contributed by atoms with E-state index >= 15 is 0 Å². The molecule has 0 atom stereocenters. The second kappa shape index (κ2) is 6.12. The molecule has 8 nitrogen and oxygen atoms in total. The number of nitrogens with one attached hydrogen (secondary N) is 1. The number of ether oxygens (including phenoxy) is 1. The van der Waals surface area contributed by atoms with Gasteiger partial charge < -0.3 is 10.1 Å². The van der Waals surface area contributed by atoms with Crippen molar-refractivity contribution < 1.29 is 9.66 Å². The van der Waals surface area contributed by atoms with E-state index in [4.69, 9.17) is 4.74 Å². The number of rotatable bonds is 5. The zero-order valence-corrected chi connectivity index (χ0v) is 12.0. The summed E-state index contributed by atoms with van der Waals surface area (Å²) < 4.78 is 5.50. The summed E-state index contributed by atoms with van der Waals surface area (Å²) in [7, 11) is 0. The van der Waals surface area contributed by atoms with Gasteiger partial charge in [0.25, 0.3) is 0 Å². The maximum Gasteiger partial charge on any atom is 0.352 e. The average molecular weight is 289 g/mol. The molecule has 0 spiro atoms. The molecule has 0 fully saturated rings. The van der Waals surface area contributed by atoms with Crippen LogP contribution in [0.3, 0.4) is 0 Å². The lowest BCUT2D eigenvalue weighted by atomic mass is 10.3. The number of nitro groups is 1. The van der Waals surface area contributed by atoms with Gasteiger partial charge in [-0.25, -0.2) is 4.98 Å². The van der Waals surface area contributed by atoms with E-state index in [9.17, 15) is 10.1 Å². The highest BCUT2D eigenvalue weighted by molar-refractivity contribution is 5.50. The monoisotopic (exact) mass is 289 g/mol. The highest BCUT2D eigenvalue weighted by atomic mass is 16.6. The number of aryl methyl sites for hydroxylation is 2. The minimum Gasteiger partial charge on any atom is -0.432 e. The van der Waals surface area contributed by atoms with Gasteiger partial charge in [0, 0.05) is 12.2 Å². The smallest absolute Gasteiger partial charge is 0.352 e. The van der Waals surface area contributed by atoms with E-state index in [-0.39, 0.29) is 23.2 Å². The molecule has 110 valence electrons. The summed E-state index contributed by atoms with van der Waals surface area (Å²) in [5, 5.41) is 14.1. The SMILES string of the molecule is CCNc1nc(C)c([N+](=O)[O-])c(Oc2ccc(C)nc2)n1. The summed E-state index contributed by atoms with van der Waals surface area (Å²) in [4.78, 5) is 22.8. The third-order valence-electron chi connectivity index (χ3n) is 2.64. The van der Waals surface area contributed by atoms with Crippen LogP contribution >= 0.6 is 0 Å². The fraction of sp³-hybridized carbons (Fsp3) is 0.308. The summed E-state index contributed by atoms with van der Waals surface area (Å²) in [6, 6.07) is 3.43. The molecule has 2 rings (SSSR count). The molecule has 0 amide bonds. The van der Waals surface area contributed by atoms with Crippen LogP contribution in [0.1, 0.15) is 18.3 Å². The number of pyridine rings is 1. The Morgan fingerprint density at radius 3 is 2.67 bits per heavy atom. The molecule has 2 aromatic rings. The van der Waals surface area contributed by atoms with Gasteiger partial charge >= 0.3 is 11.6 Å². The second-order valence-electron chi connectivity index (χ2n) is 4.31. The standard InChI is InChI=1S/C13H15N5O3/c1-4-14-13-16-9(3)11(18(19)20)12(17-13)21-10-6-5-8(2)15-7-10/h5-7H,4H2,1-3H3,(H,14,16,17). The summed E-state index contributed by atoms with van der Waals surface area (Å²) in [6.07, 6.45) is 1.49. The van der Waals surface area contributed by atoms with Crippen molar-refractivity contribution in [1.29, 1.82) is 0 Å². The van der Waals surface area contributed by atoms with Crippen molar-refractivity contribution in [2.24, 2.45) is 0 Å². The van der Waals surface area contributed by atoms with E-state index < -0.39 is 4.92 Å². The van der Waals surface area contributed by atoms with Gasteiger partial charge in [0.2, 0.25) is 5.95 Å². The molecule has 0 unspecified atom stereocenters. The number of nitrogens with zero attached hydrogens (tertiary/aromatic N) is 4. The highest BCUT2D eigenvalue weighted by Gasteiger charge is 2.24. The van der Waals surface area contributed by atoms with E-state index in [0.29, 0.717) is 12.3 Å². The van der Waals surface area contributed by atoms with Crippen LogP contribution in [-0.4, -0.2) is 26.4 Å². The molecular formula is C13H15N5O3. The summed E-state index contributed by atoms with van der Waals surface area (Å²) >= 11 is 0. The van der Waals surface area contributed by atoms with Gasteiger partial charge in [-0.15, -0.1) is 0 Å². The summed E-state index contributed by atoms with van der Waals surface area (Å²) in [6.45, 7) is 5.86. The number of hydrogen-bond acceptors (Lipinski definition) is 7. The lowest BCUT2D eigenvalue weighted by Gasteiger charge is -2.09. The zero-order valence-electron chi connectivity index (χ0n) is 12.0. The third-order valence-corrected chi connectivity index (χ3v) is 2.64. The van der Waals surface area contributed by atoms with Crippen LogP contribution in [0.5, 0.6) is 11.6 Å². The maximum atomic E-state index is 11.2. The van der Waals surface area contributed by atoms with Crippen molar-refractivity contribution in [3.05, 3.63) is 39.8 Å². The predicted molar refractivity (Wildman–Crippen MR) is 76.6 cm³/mol. The van der Waals surface area contributed by atoms with Crippen LogP contribution in [0.4, 0.5) is 11.6 Å². The van der Waals surface area contributed by atoms with Crippen molar-refractivity contribution >= 4 is 11.6 Å². The molecule has 0 aliphatic carbocycles. The fourth-order valence-corrected chi connectivity index (χ4v) is 1.69. The normalized spacial score (nSPS) is 10.2. The molecular weight excluding hydrogens is 274 g/mol. The van der Waals surface area contributed by atoms with Gasteiger partial charge in [0.1, 0.15) is 11.4 Å². The van der Waals surface area contributed by atoms with Crippen LogP contribution in [0, 0.1) is 24.0 Å². The fourth-order valence-electron chi connectivity index (χ4n) is 1.69. The molecule has 0 saturated heterocycles. The molecule has 0 bridgehead atoms. The minimum atomic E-state index is -0.554. The van der Waals surface area contributed by atoms with Crippen molar-refractivity contribution in [3.8, 4) is 11.6 Å². The number of anilines is 1. The Hall–Kier alpha value is -2.77. The Morgan fingerprint density at radius 2 is 2.10 bits per heavy atom. The van der Waals surface area contributed by atoms with Crippen LogP contribution in [0.25, 0.3) is 0 Å². The van der Waals surface area contributed by atoms with Crippen molar-refractivity contribution in [3.63, 3.8) is 0 Å². The summed E-state index contributed by atoms with van der Waals surface area (Å²) in [5.74, 6) is 0.564. The molecule has 0 saturated carbocycles. The van der Waals surface area contributed by atoms with Gasteiger partial charge in [0.15, 0.2) is 0 Å². The van der Waals surface area contributed by atoms with Gasteiger partial charge in [-0.1, -0.05) is 0 Å². The molecule has 0 aliphatic rings. The number of hydrogen-bond donors (Lipinski definition) is 1. The Morgan fingerprint density at radius 1 is 1.33 bits per heavy atom. The Labute approximate surface area is 121 Å². The molecule has 0 aromatic carbocycles. The largest absolute Gasteiger partial charge is 0.432 e. The molecule has 21 heavy (non-hydrogen) atoms. The van der Waals surface area contributed by atoms with Gasteiger partial charge in [-0.2, -0.15) is 4.98 Å². The Bertz CT molecular complexity index is 658. The quantitative estimate of drug-likeness (QED) is 0.666. The molecule has 8 heteroatoms. The lowest BCUT2D eigenvalue weighted by Crippen LogP contribution is -2.07.